The van der Waals surface area contributed by atoms with Gasteiger partial charge >= 0.3 is 0 Å². The fourth-order valence-corrected chi connectivity index (χ4v) is 1.77. The van der Waals surface area contributed by atoms with Gasteiger partial charge in [-0.15, -0.1) is 0 Å². The predicted octanol–water partition coefficient (Wildman–Crippen LogP) is 2.02. The average Bonchev–Trinajstić information content (AvgIpc) is 2.36. The summed E-state index contributed by atoms with van der Waals surface area (Å²) in [5, 5.41) is 21.0. The monoisotopic (exact) mass is 247 g/mol. The molecular formula is C12H13N3O3. The molecule has 6 heteroatoms. The fraction of sp³-hybridized carbons (Fsp3) is 0.333. The van der Waals surface area contributed by atoms with Gasteiger partial charge in [0.2, 0.25) is 0 Å². The maximum atomic E-state index is 10.8. The first-order chi connectivity index (χ1) is 8.50. The molecule has 0 spiro atoms. The van der Waals surface area contributed by atoms with E-state index in [0.717, 1.165) is 0 Å². The first-order valence-corrected chi connectivity index (χ1v) is 5.58. The number of aromatic nitrogens is 2. The van der Waals surface area contributed by atoms with E-state index in [1.807, 2.05) is 6.92 Å². The number of hydrogen-bond acceptors (Lipinski definition) is 5. The van der Waals surface area contributed by atoms with Crippen molar-refractivity contribution in [3.63, 3.8) is 0 Å². The maximum Gasteiger partial charge on any atom is 0.270 e. The lowest BCUT2D eigenvalue weighted by Gasteiger charge is -2.15. The standard InChI is InChI=1S/C12H13N3O3/c1-7(8(2)16)12-10-5-9(15(17)18)3-4-11(10)13-6-14-12/h3-8,16H,1-2H3. The molecule has 0 saturated carbocycles. The highest BCUT2D eigenvalue weighted by Crippen LogP contribution is 2.27. The molecule has 2 rings (SSSR count). The van der Waals surface area contributed by atoms with Crippen LogP contribution in [0.2, 0.25) is 0 Å². The minimum absolute atomic E-state index is 0.00339. The predicted molar refractivity (Wildman–Crippen MR) is 66.3 cm³/mol. The number of hydrogen-bond donors (Lipinski definition) is 1. The second kappa shape index (κ2) is 4.66. The van der Waals surface area contributed by atoms with Crippen LogP contribution < -0.4 is 0 Å². The third-order valence-corrected chi connectivity index (χ3v) is 3.02. The summed E-state index contributed by atoms with van der Waals surface area (Å²) in [6.45, 7) is 3.49. The number of aliphatic hydroxyl groups excluding tert-OH is 1. The molecule has 0 saturated heterocycles. The van der Waals surface area contributed by atoms with E-state index in [1.54, 1.807) is 13.0 Å². The summed E-state index contributed by atoms with van der Waals surface area (Å²) >= 11 is 0. The Morgan fingerprint density at radius 3 is 2.67 bits per heavy atom. The van der Waals surface area contributed by atoms with Crippen LogP contribution in [0.3, 0.4) is 0 Å². The fourth-order valence-electron chi connectivity index (χ4n) is 1.77. The normalized spacial score (nSPS) is 14.4. The average molecular weight is 247 g/mol. The van der Waals surface area contributed by atoms with Crippen LogP contribution in [0.25, 0.3) is 10.9 Å². The van der Waals surface area contributed by atoms with Gasteiger partial charge in [-0.2, -0.15) is 0 Å². The molecule has 1 aromatic heterocycles. The number of rotatable bonds is 3. The number of non-ortho nitro benzene ring substituents is 1. The van der Waals surface area contributed by atoms with Crippen LogP contribution >= 0.6 is 0 Å². The molecule has 1 N–H and O–H groups in total. The quantitative estimate of drug-likeness (QED) is 0.662. The SMILES string of the molecule is CC(O)C(C)c1ncnc2ccc([N+](=O)[O-])cc12. The highest BCUT2D eigenvalue weighted by Gasteiger charge is 2.18. The van der Waals surface area contributed by atoms with E-state index in [1.165, 1.54) is 18.5 Å². The van der Waals surface area contributed by atoms with Crippen molar-refractivity contribution in [2.75, 3.05) is 0 Å². The van der Waals surface area contributed by atoms with Crippen LogP contribution in [0.15, 0.2) is 24.5 Å². The van der Waals surface area contributed by atoms with Gasteiger partial charge in [0.25, 0.3) is 5.69 Å². The van der Waals surface area contributed by atoms with Gasteiger partial charge < -0.3 is 5.11 Å². The van der Waals surface area contributed by atoms with Gasteiger partial charge in [0, 0.05) is 23.4 Å². The van der Waals surface area contributed by atoms with Crippen LogP contribution in [-0.4, -0.2) is 26.1 Å². The van der Waals surface area contributed by atoms with Gasteiger partial charge in [-0.1, -0.05) is 6.92 Å². The second-order valence-corrected chi connectivity index (χ2v) is 4.25. The summed E-state index contributed by atoms with van der Waals surface area (Å²) in [6, 6.07) is 4.45. The molecule has 0 amide bonds. The lowest BCUT2D eigenvalue weighted by molar-refractivity contribution is -0.384. The molecule has 2 aromatic rings. The van der Waals surface area contributed by atoms with Crippen molar-refractivity contribution in [2.45, 2.75) is 25.9 Å². The minimum Gasteiger partial charge on any atom is -0.393 e. The Balaban J connectivity index is 2.66. The van der Waals surface area contributed by atoms with E-state index in [0.29, 0.717) is 16.6 Å². The van der Waals surface area contributed by atoms with Gasteiger partial charge in [0.1, 0.15) is 6.33 Å². The van der Waals surface area contributed by atoms with E-state index in [-0.39, 0.29) is 11.6 Å². The molecule has 0 aliphatic heterocycles. The molecule has 0 radical (unpaired) electrons. The first-order valence-electron chi connectivity index (χ1n) is 5.58. The zero-order valence-corrected chi connectivity index (χ0v) is 10.1. The summed E-state index contributed by atoms with van der Waals surface area (Å²) in [5.41, 5.74) is 1.26. The Hall–Kier alpha value is -2.08. The van der Waals surface area contributed by atoms with Crippen molar-refractivity contribution >= 4 is 16.6 Å². The van der Waals surface area contributed by atoms with E-state index < -0.39 is 11.0 Å². The lowest BCUT2D eigenvalue weighted by atomic mass is 9.98. The van der Waals surface area contributed by atoms with Gasteiger partial charge in [-0.05, 0) is 13.0 Å². The summed E-state index contributed by atoms with van der Waals surface area (Å²) in [4.78, 5) is 18.5. The molecule has 1 aromatic carbocycles. The van der Waals surface area contributed by atoms with Crippen LogP contribution in [0, 0.1) is 10.1 Å². The molecule has 0 aliphatic carbocycles. The topological polar surface area (TPSA) is 89.2 Å². The largest absolute Gasteiger partial charge is 0.393 e. The Morgan fingerprint density at radius 1 is 1.33 bits per heavy atom. The molecule has 1 heterocycles. The Labute approximate surface area is 103 Å². The minimum atomic E-state index is -0.581. The number of fused-ring (bicyclic) bond motifs is 1. The Bertz CT molecular complexity index is 598. The van der Waals surface area contributed by atoms with Crippen LogP contribution in [0.4, 0.5) is 5.69 Å². The Morgan fingerprint density at radius 2 is 2.06 bits per heavy atom. The van der Waals surface area contributed by atoms with E-state index in [9.17, 15) is 15.2 Å². The van der Waals surface area contributed by atoms with Crippen LogP contribution in [-0.2, 0) is 0 Å². The number of benzene rings is 1. The highest BCUT2D eigenvalue weighted by atomic mass is 16.6. The first kappa shape index (κ1) is 12.4. The molecule has 0 bridgehead atoms. The molecule has 2 atom stereocenters. The zero-order chi connectivity index (χ0) is 13.3. The molecule has 94 valence electrons. The third-order valence-electron chi connectivity index (χ3n) is 3.02. The number of nitro groups is 1. The molecule has 0 aliphatic rings. The second-order valence-electron chi connectivity index (χ2n) is 4.25. The third kappa shape index (κ3) is 2.14. The van der Waals surface area contributed by atoms with Crippen molar-refractivity contribution in [1.29, 1.82) is 0 Å². The summed E-state index contributed by atoms with van der Waals surface area (Å²) < 4.78 is 0. The Kier molecular flexibility index (Phi) is 3.20. The summed E-state index contributed by atoms with van der Waals surface area (Å²) in [7, 11) is 0. The summed E-state index contributed by atoms with van der Waals surface area (Å²) in [5.74, 6) is -0.211. The number of nitrogens with zero attached hydrogens (tertiary/aromatic N) is 3. The molecule has 2 unspecified atom stereocenters. The lowest BCUT2D eigenvalue weighted by Crippen LogP contribution is -2.13. The molecule has 0 fully saturated rings. The van der Waals surface area contributed by atoms with Crippen molar-refractivity contribution < 1.29 is 10.0 Å². The molecule has 6 nitrogen and oxygen atoms in total. The van der Waals surface area contributed by atoms with Gasteiger partial charge in [-0.3, -0.25) is 10.1 Å². The van der Waals surface area contributed by atoms with E-state index >= 15 is 0 Å². The van der Waals surface area contributed by atoms with E-state index in [2.05, 4.69) is 9.97 Å². The zero-order valence-electron chi connectivity index (χ0n) is 10.1. The molecule has 18 heavy (non-hydrogen) atoms. The smallest absolute Gasteiger partial charge is 0.270 e. The van der Waals surface area contributed by atoms with E-state index in [4.69, 9.17) is 0 Å². The number of nitro benzene ring substituents is 1. The van der Waals surface area contributed by atoms with Crippen molar-refractivity contribution in [1.82, 2.24) is 9.97 Å². The highest BCUT2D eigenvalue weighted by molar-refractivity contribution is 5.83. The van der Waals surface area contributed by atoms with Gasteiger partial charge in [-0.25, -0.2) is 9.97 Å². The van der Waals surface area contributed by atoms with Gasteiger partial charge in [0.05, 0.1) is 22.2 Å². The van der Waals surface area contributed by atoms with Crippen LogP contribution in [0.1, 0.15) is 25.5 Å². The van der Waals surface area contributed by atoms with Gasteiger partial charge in [0.15, 0.2) is 0 Å². The maximum absolute atomic E-state index is 10.8. The van der Waals surface area contributed by atoms with Crippen molar-refractivity contribution in [3.8, 4) is 0 Å². The van der Waals surface area contributed by atoms with Crippen molar-refractivity contribution in [2.24, 2.45) is 0 Å². The number of aliphatic hydroxyl groups is 1. The summed E-state index contributed by atoms with van der Waals surface area (Å²) in [6.07, 6.45) is 0.824. The van der Waals surface area contributed by atoms with Crippen molar-refractivity contribution in [3.05, 3.63) is 40.3 Å². The molecular weight excluding hydrogens is 234 g/mol. The van der Waals surface area contributed by atoms with Crippen LogP contribution in [0.5, 0.6) is 0 Å².